The molecule has 9 heteroatoms. The smallest absolute Gasteiger partial charge is 0.324 e. The molecular weight excluding hydrogens is 350 g/mol. The lowest BCUT2D eigenvalue weighted by atomic mass is 10.0. The van der Waals surface area contributed by atoms with Crippen molar-refractivity contribution >= 4 is 11.6 Å². The van der Waals surface area contributed by atoms with Gasteiger partial charge in [-0.3, -0.25) is 4.98 Å². The Labute approximate surface area is 145 Å². The zero-order chi connectivity index (χ0) is 18.3. The van der Waals surface area contributed by atoms with E-state index in [0.717, 1.165) is 4.68 Å². The number of hydrogen-bond donors (Lipinski definition) is 1. The molecule has 1 aliphatic heterocycles. The Morgan fingerprint density at radius 1 is 1.08 bits per heavy atom. The van der Waals surface area contributed by atoms with E-state index in [9.17, 15) is 17.6 Å². The van der Waals surface area contributed by atoms with Crippen molar-refractivity contribution in [3.63, 3.8) is 0 Å². The minimum atomic E-state index is -4.67. The maximum absolute atomic E-state index is 13.2. The number of pyridine rings is 1. The molecule has 26 heavy (non-hydrogen) atoms. The van der Waals surface area contributed by atoms with E-state index < -0.39 is 23.9 Å². The summed E-state index contributed by atoms with van der Waals surface area (Å²) in [7, 11) is 0. The average Bonchev–Trinajstić information content (AvgIpc) is 3.07. The zero-order valence-corrected chi connectivity index (χ0v) is 13.1. The van der Waals surface area contributed by atoms with E-state index in [1.807, 2.05) is 0 Å². The Morgan fingerprint density at radius 2 is 1.85 bits per heavy atom. The lowest BCUT2D eigenvalue weighted by molar-refractivity contribution is -0.145. The maximum Gasteiger partial charge on any atom is 0.453 e. The molecule has 0 unspecified atom stereocenters. The number of fused-ring (bicyclic) bond motifs is 1. The number of anilines is 1. The predicted molar refractivity (Wildman–Crippen MR) is 85.4 cm³/mol. The predicted octanol–water partition coefficient (Wildman–Crippen LogP) is 3.89. The third-order valence-electron chi connectivity index (χ3n) is 3.90. The second-order valence-corrected chi connectivity index (χ2v) is 5.64. The van der Waals surface area contributed by atoms with Gasteiger partial charge in [0.15, 0.2) is 0 Å². The lowest BCUT2D eigenvalue weighted by Crippen LogP contribution is -2.20. The summed E-state index contributed by atoms with van der Waals surface area (Å²) in [6, 6.07) is 8.30. The van der Waals surface area contributed by atoms with Gasteiger partial charge in [-0.2, -0.15) is 18.2 Å². The quantitative estimate of drug-likeness (QED) is 0.704. The number of nitrogens with zero attached hydrogens (tertiary/aromatic N) is 4. The molecule has 1 N–H and O–H groups in total. The highest BCUT2D eigenvalue weighted by molar-refractivity contribution is 5.76. The highest BCUT2D eigenvalue weighted by atomic mass is 19.4. The first kappa shape index (κ1) is 16.2. The normalized spacial score (nSPS) is 16.6. The van der Waals surface area contributed by atoms with E-state index in [4.69, 9.17) is 0 Å². The molecule has 1 aromatic carbocycles. The second kappa shape index (κ2) is 5.94. The van der Waals surface area contributed by atoms with E-state index in [0.29, 0.717) is 16.8 Å². The Bertz CT molecular complexity index is 961. The minimum absolute atomic E-state index is 0.0481. The van der Waals surface area contributed by atoms with Crippen LogP contribution in [0.1, 0.15) is 23.0 Å². The third kappa shape index (κ3) is 2.92. The van der Waals surface area contributed by atoms with Gasteiger partial charge in [0.25, 0.3) is 5.82 Å². The van der Waals surface area contributed by atoms with E-state index in [-0.39, 0.29) is 5.95 Å². The first-order valence-corrected chi connectivity index (χ1v) is 7.60. The highest BCUT2D eigenvalue weighted by Crippen LogP contribution is 2.35. The van der Waals surface area contributed by atoms with Gasteiger partial charge in [-0.05, 0) is 35.9 Å². The van der Waals surface area contributed by atoms with Crippen molar-refractivity contribution in [3.8, 4) is 0 Å². The molecule has 0 saturated heterocycles. The molecule has 0 amide bonds. The Kier molecular flexibility index (Phi) is 3.71. The number of halogens is 4. The maximum atomic E-state index is 13.2. The molecule has 1 atom stereocenters. The molecule has 5 nitrogen and oxygen atoms in total. The van der Waals surface area contributed by atoms with Crippen LogP contribution in [0.25, 0.3) is 5.70 Å². The number of allylic oxidation sites excluding steroid dienone is 1. The Balaban J connectivity index is 1.84. The van der Waals surface area contributed by atoms with Crippen molar-refractivity contribution in [1.29, 1.82) is 0 Å². The van der Waals surface area contributed by atoms with Crippen LogP contribution in [0.5, 0.6) is 0 Å². The van der Waals surface area contributed by atoms with Gasteiger partial charge < -0.3 is 5.32 Å². The molecular formula is C17H11F4N5. The van der Waals surface area contributed by atoms with Crippen LogP contribution in [0.15, 0.2) is 54.9 Å². The molecule has 0 bridgehead atoms. The van der Waals surface area contributed by atoms with Crippen LogP contribution in [-0.2, 0) is 6.18 Å². The lowest BCUT2D eigenvalue weighted by Gasteiger charge is -2.24. The van der Waals surface area contributed by atoms with E-state index in [1.165, 1.54) is 24.3 Å². The summed E-state index contributed by atoms with van der Waals surface area (Å²) in [4.78, 5) is 7.59. The van der Waals surface area contributed by atoms with Crippen molar-refractivity contribution in [2.24, 2.45) is 0 Å². The van der Waals surface area contributed by atoms with Crippen molar-refractivity contribution < 1.29 is 17.6 Å². The fourth-order valence-corrected chi connectivity index (χ4v) is 2.70. The first-order valence-electron chi connectivity index (χ1n) is 7.60. The number of aromatic nitrogens is 4. The zero-order valence-electron chi connectivity index (χ0n) is 13.1. The SMILES string of the molecule is Fc1ccc([C@H]2C=C(c3cccnc3)Nc3nc(C(F)(F)F)nn32)cc1. The average molecular weight is 361 g/mol. The monoisotopic (exact) mass is 361 g/mol. The second-order valence-electron chi connectivity index (χ2n) is 5.64. The van der Waals surface area contributed by atoms with Crippen LogP contribution < -0.4 is 5.32 Å². The van der Waals surface area contributed by atoms with Gasteiger partial charge in [0.2, 0.25) is 5.95 Å². The molecule has 0 fully saturated rings. The van der Waals surface area contributed by atoms with Crippen LogP contribution >= 0.6 is 0 Å². The largest absolute Gasteiger partial charge is 0.453 e. The molecule has 0 saturated carbocycles. The van der Waals surface area contributed by atoms with Crippen molar-refractivity contribution in [1.82, 2.24) is 19.7 Å². The van der Waals surface area contributed by atoms with Gasteiger partial charge in [-0.25, -0.2) is 9.07 Å². The van der Waals surface area contributed by atoms with Crippen molar-refractivity contribution in [2.75, 3.05) is 5.32 Å². The first-order chi connectivity index (χ1) is 12.4. The van der Waals surface area contributed by atoms with Gasteiger partial charge in [0, 0.05) is 23.7 Å². The highest BCUT2D eigenvalue weighted by Gasteiger charge is 2.39. The number of hydrogen-bond acceptors (Lipinski definition) is 4. The standard InChI is InChI=1S/C17H11F4N5/c18-12-5-3-10(4-6-12)14-8-13(11-2-1-7-22-9-11)23-16-24-15(17(19,20)21)25-26(14)16/h1-9,14H,(H,23,24,25)/t14-/m1/s1. The van der Waals surface area contributed by atoms with Gasteiger partial charge >= 0.3 is 6.18 Å². The molecule has 132 valence electrons. The Morgan fingerprint density at radius 3 is 2.50 bits per heavy atom. The number of nitrogens with one attached hydrogen (secondary N) is 1. The van der Waals surface area contributed by atoms with Gasteiger partial charge in [-0.1, -0.05) is 12.1 Å². The van der Waals surface area contributed by atoms with Crippen LogP contribution in [0.4, 0.5) is 23.5 Å². The van der Waals surface area contributed by atoms with E-state index in [1.54, 1.807) is 30.6 Å². The molecule has 1 aliphatic rings. The Hall–Kier alpha value is -3.23. The summed E-state index contributed by atoms with van der Waals surface area (Å²) < 4.78 is 53.5. The summed E-state index contributed by atoms with van der Waals surface area (Å²) in [5, 5.41) is 6.45. The van der Waals surface area contributed by atoms with Gasteiger partial charge in [-0.15, -0.1) is 5.10 Å². The fraction of sp³-hybridized carbons (Fsp3) is 0.118. The topological polar surface area (TPSA) is 55.6 Å². The fourth-order valence-electron chi connectivity index (χ4n) is 2.70. The molecule has 0 spiro atoms. The summed E-state index contributed by atoms with van der Waals surface area (Å²) in [6.07, 6.45) is 0.200. The van der Waals surface area contributed by atoms with Gasteiger partial charge in [0.05, 0.1) is 0 Å². The van der Waals surface area contributed by atoms with Crippen LogP contribution in [0, 0.1) is 5.82 Å². The molecule has 0 radical (unpaired) electrons. The van der Waals surface area contributed by atoms with Gasteiger partial charge in [0.1, 0.15) is 11.9 Å². The summed E-state index contributed by atoms with van der Waals surface area (Å²) in [5.74, 6) is -1.73. The number of rotatable bonds is 2. The third-order valence-corrected chi connectivity index (χ3v) is 3.90. The molecule has 0 aliphatic carbocycles. The summed E-state index contributed by atoms with van der Waals surface area (Å²) >= 11 is 0. The van der Waals surface area contributed by atoms with Crippen LogP contribution in [0.3, 0.4) is 0 Å². The summed E-state index contributed by atoms with van der Waals surface area (Å²) in [6.45, 7) is 0. The molecule has 2 aromatic heterocycles. The molecule has 3 aromatic rings. The number of benzene rings is 1. The van der Waals surface area contributed by atoms with Crippen molar-refractivity contribution in [3.05, 3.63) is 77.6 Å². The minimum Gasteiger partial charge on any atom is -0.324 e. The van der Waals surface area contributed by atoms with E-state index >= 15 is 0 Å². The van der Waals surface area contributed by atoms with Crippen LogP contribution in [-0.4, -0.2) is 19.7 Å². The van der Waals surface area contributed by atoms with Crippen LogP contribution in [0.2, 0.25) is 0 Å². The summed E-state index contributed by atoms with van der Waals surface area (Å²) in [5.41, 5.74) is 1.80. The number of alkyl halides is 3. The molecule has 4 rings (SSSR count). The molecule has 3 heterocycles. The van der Waals surface area contributed by atoms with E-state index in [2.05, 4.69) is 20.4 Å². The van der Waals surface area contributed by atoms with Crippen molar-refractivity contribution in [2.45, 2.75) is 12.2 Å².